The van der Waals surface area contributed by atoms with Gasteiger partial charge in [0.1, 0.15) is 0 Å². The van der Waals surface area contributed by atoms with Crippen molar-refractivity contribution in [3.05, 3.63) is 15.6 Å². The van der Waals surface area contributed by atoms with E-state index in [4.69, 9.17) is 14.7 Å². The first kappa shape index (κ1) is 21.6. The van der Waals surface area contributed by atoms with E-state index in [0.717, 1.165) is 58.1 Å². The summed E-state index contributed by atoms with van der Waals surface area (Å²) >= 11 is 1.81. The van der Waals surface area contributed by atoms with Crippen molar-refractivity contribution in [2.45, 2.75) is 40.0 Å². The van der Waals surface area contributed by atoms with Crippen molar-refractivity contribution in [2.75, 3.05) is 39.9 Å². The molecule has 138 valence electrons. The number of hydrogen-bond acceptors (Lipinski definition) is 4. The predicted octanol–water partition coefficient (Wildman–Crippen LogP) is 3.11. The molecule has 1 N–H and O–H groups in total. The second-order valence-electron chi connectivity index (χ2n) is 6.06. The van der Waals surface area contributed by atoms with E-state index in [2.05, 4.69) is 38.0 Å². The Kier molecular flexibility index (Phi) is 10.1. The maximum absolute atomic E-state index is 5.47. The Labute approximate surface area is 167 Å². The third kappa shape index (κ3) is 6.48. The zero-order valence-electron chi connectivity index (χ0n) is 15.3. The molecule has 1 aliphatic rings. The lowest BCUT2D eigenvalue weighted by Crippen LogP contribution is -2.41. The van der Waals surface area contributed by atoms with E-state index in [1.165, 1.54) is 15.6 Å². The van der Waals surface area contributed by atoms with Crippen LogP contribution in [0.5, 0.6) is 0 Å². The summed E-state index contributed by atoms with van der Waals surface area (Å²) in [5, 5.41) is 4.59. The molecule has 0 aromatic carbocycles. The maximum Gasteiger partial charge on any atom is 0.193 e. The predicted molar refractivity (Wildman–Crippen MR) is 113 cm³/mol. The highest BCUT2D eigenvalue weighted by Gasteiger charge is 2.19. The first-order valence-electron chi connectivity index (χ1n) is 8.66. The van der Waals surface area contributed by atoms with Crippen LogP contribution in [0.1, 0.15) is 35.8 Å². The van der Waals surface area contributed by atoms with Gasteiger partial charge >= 0.3 is 0 Å². The van der Waals surface area contributed by atoms with Crippen LogP contribution in [0.3, 0.4) is 0 Å². The molecule has 0 aliphatic carbocycles. The van der Waals surface area contributed by atoms with Gasteiger partial charge in [0.2, 0.25) is 0 Å². The SMILES string of the molecule is CCNC(=NCCc1nc(CC)c(C)s1)N(C)CC1CCOC1.I. The van der Waals surface area contributed by atoms with Crippen molar-refractivity contribution >= 4 is 41.3 Å². The second-order valence-corrected chi connectivity index (χ2v) is 7.35. The summed E-state index contributed by atoms with van der Waals surface area (Å²) in [6, 6.07) is 0. The number of ether oxygens (including phenoxy) is 1. The van der Waals surface area contributed by atoms with E-state index in [-0.39, 0.29) is 24.0 Å². The van der Waals surface area contributed by atoms with E-state index in [0.29, 0.717) is 5.92 Å². The first-order chi connectivity index (χ1) is 11.1. The van der Waals surface area contributed by atoms with Crippen molar-refractivity contribution in [1.82, 2.24) is 15.2 Å². The average molecular weight is 466 g/mol. The van der Waals surface area contributed by atoms with Crippen LogP contribution in [-0.4, -0.2) is 55.7 Å². The quantitative estimate of drug-likeness (QED) is 0.381. The molecule has 0 amide bonds. The number of hydrogen-bond donors (Lipinski definition) is 1. The number of thiazole rings is 1. The molecule has 1 aromatic rings. The minimum atomic E-state index is 0. The van der Waals surface area contributed by atoms with Gasteiger partial charge in [-0.2, -0.15) is 0 Å². The summed E-state index contributed by atoms with van der Waals surface area (Å²) in [7, 11) is 2.11. The Hall–Kier alpha value is -0.410. The van der Waals surface area contributed by atoms with E-state index in [1.807, 2.05) is 11.3 Å². The van der Waals surface area contributed by atoms with Gasteiger partial charge in [-0.25, -0.2) is 4.98 Å². The molecule has 1 aromatic heterocycles. The molecule has 0 radical (unpaired) electrons. The van der Waals surface area contributed by atoms with Gasteiger partial charge in [0.05, 0.1) is 17.3 Å². The molecule has 5 nitrogen and oxygen atoms in total. The van der Waals surface area contributed by atoms with Gasteiger partial charge in [-0.15, -0.1) is 35.3 Å². The lowest BCUT2D eigenvalue weighted by atomic mass is 10.1. The van der Waals surface area contributed by atoms with Gasteiger partial charge in [0.15, 0.2) is 5.96 Å². The topological polar surface area (TPSA) is 49.8 Å². The van der Waals surface area contributed by atoms with E-state index in [1.54, 1.807) is 0 Å². The smallest absolute Gasteiger partial charge is 0.193 e. The zero-order chi connectivity index (χ0) is 16.7. The van der Waals surface area contributed by atoms with Crippen molar-refractivity contribution in [1.29, 1.82) is 0 Å². The summed E-state index contributed by atoms with van der Waals surface area (Å²) in [5.41, 5.74) is 1.24. The van der Waals surface area contributed by atoms with Crippen molar-refractivity contribution in [3.8, 4) is 0 Å². The van der Waals surface area contributed by atoms with E-state index < -0.39 is 0 Å². The van der Waals surface area contributed by atoms with Crippen molar-refractivity contribution in [3.63, 3.8) is 0 Å². The molecule has 1 fully saturated rings. The summed E-state index contributed by atoms with van der Waals surface area (Å²) in [6.07, 6.45) is 3.09. The molecular weight excluding hydrogens is 435 g/mol. The van der Waals surface area contributed by atoms with Crippen LogP contribution < -0.4 is 5.32 Å². The van der Waals surface area contributed by atoms with Crippen LogP contribution in [0, 0.1) is 12.8 Å². The van der Waals surface area contributed by atoms with Gasteiger partial charge < -0.3 is 15.0 Å². The first-order valence-corrected chi connectivity index (χ1v) is 9.48. The fraction of sp³-hybridized carbons (Fsp3) is 0.765. The molecule has 1 aliphatic heterocycles. The molecule has 0 saturated carbocycles. The standard InChI is InChI=1S/C17H30N4OS.HI/c1-5-15-13(3)23-16(20-15)7-9-19-17(18-6-2)21(4)11-14-8-10-22-12-14;/h14H,5-12H2,1-4H3,(H,18,19);1H. The molecule has 0 spiro atoms. The Balaban J connectivity index is 0.00000288. The summed E-state index contributed by atoms with van der Waals surface area (Å²) < 4.78 is 5.47. The zero-order valence-corrected chi connectivity index (χ0v) is 18.4. The average Bonchev–Trinajstić information content (AvgIpc) is 3.15. The summed E-state index contributed by atoms with van der Waals surface area (Å²) in [6.45, 7) is 10.9. The number of nitrogens with one attached hydrogen (secondary N) is 1. The molecule has 0 bridgehead atoms. The number of aryl methyl sites for hydroxylation is 2. The lowest BCUT2D eigenvalue weighted by molar-refractivity contribution is 0.181. The minimum Gasteiger partial charge on any atom is -0.381 e. The second kappa shape index (κ2) is 11.3. The summed E-state index contributed by atoms with van der Waals surface area (Å²) in [4.78, 5) is 13.0. The van der Waals surface area contributed by atoms with Gasteiger partial charge in [-0.3, -0.25) is 4.99 Å². The molecule has 1 atom stereocenters. The van der Waals surface area contributed by atoms with Crippen LogP contribution in [-0.2, 0) is 17.6 Å². The molecule has 2 rings (SSSR count). The van der Waals surface area contributed by atoms with Crippen LogP contribution >= 0.6 is 35.3 Å². The lowest BCUT2D eigenvalue weighted by Gasteiger charge is -2.24. The number of rotatable bonds is 7. The Morgan fingerprint density at radius 3 is 2.83 bits per heavy atom. The summed E-state index contributed by atoms with van der Waals surface area (Å²) in [5.74, 6) is 1.61. The van der Waals surface area contributed by atoms with Crippen LogP contribution in [0.4, 0.5) is 0 Å². The van der Waals surface area contributed by atoms with E-state index >= 15 is 0 Å². The van der Waals surface area contributed by atoms with Crippen molar-refractivity contribution < 1.29 is 4.74 Å². The monoisotopic (exact) mass is 466 g/mol. The van der Waals surface area contributed by atoms with Gasteiger partial charge in [-0.05, 0) is 26.7 Å². The normalized spacial score (nSPS) is 17.7. The fourth-order valence-electron chi connectivity index (χ4n) is 2.85. The number of guanidine groups is 1. The fourth-order valence-corrected chi connectivity index (χ4v) is 3.86. The molecule has 1 saturated heterocycles. The number of nitrogens with zero attached hydrogens (tertiary/aromatic N) is 3. The largest absolute Gasteiger partial charge is 0.381 e. The molecule has 2 heterocycles. The Morgan fingerprint density at radius 2 is 2.25 bits per heavy atom. The Bertz CT molecular complexity index is 515. The van der Waals surface area contributed by atoms with Gasteiger partial charge in [-0.1, -0.05) is 6.92 Å². The van der Waals surface area contributed by atoms with Gasteiger partial charge in [0.25, 0.3) is 0 Å². The highest BCUT2D eigenvalue weighted by molar-refractivity contribution is 14.0. The highest BCUT2D eigenvalue weighted by atomic mass is 127. The molecule has 7 heteroatoms. The third-order valence-corrected chi connectivity index (χ3v) is 5.18. The van der Waals surface area contributed by atoms with Gasteiger partial charge in [0, 0.05) is 50.5 Å². The minimum absolute atomic E-state index is 0. The van der Waals surface area contributed by atoms with Crippen molar-refractivity contribution in [2.24, 2.45) is 10.9 Å². The molecular formula is C17H31IN4OS. The number of halogens is 1. The molecule has 24 heavy (non-hydrogen) atoms. The number of aliphatic imine (C=N–C) groups is 1. The maximum atomic E-state index is 5.47. The van der Waals surface area contributed by atoms with Crippen LogP contribution in [0.2, 0.25) is 0 Å². The Morgan fingerprint density at radius 1 is 1.46 bits per heavy atom. The van der Waals surface area contributed by atoms with Crippen LogP contribution in [0.25, 0.3) is 0 Å². The molecule has 1 unspecified atom stereocenters. The number of aromatic nitrogens is 1. The van der Waals surface area contributed by atoms with E-state index in [9.17, 15) is 0 Å². The highest BCUT2D eigenvalue weighted by Crippen LogP contribution is 2.18. The third-order valence-electron chi connectivity index (χ3n) is 4.11. The van der Waals surface area contributed by atoms with Crippen LogP contribution in [0.15, 0.2) is 4.99 Å².